The number of ether oxygens (including phenoxy) is 1. The first kappa shape index (κ1) is 15.1. The quantitative estimate of drug-likeness (QED) is 0.842. The van der Waals surface area contributed by atoms with Gasteiger partial charge in [0, 0.05) is 17.6 Å². The summed E-state index contributed by atoms with van der Waals surface area (Å²) in [7, 11) is 1.60. The van der Waals surface area contributed by atoms with Crippen molar-refractivity contribution >= 4 is 5.91 Å². The van der Waals surface area contributed by atoms with Crippen molar-refractivity contribution in [2.45, 2.75) is 50.6 Å². The van der Waals surface area contributed by atoms with Crippen LogP contribution in [0.5, 0.6) is 5.75 Å². The number of nitrogens with zero attached hydrogens (tertiary/aromatic N) is 5. The first-order valence-corrected chi connectivity index (χ1v) is 8.52. The zero-order valence-electron chi connectivity index (χ0n) is 13.8. The molecule has 2 fully saturated rings. The molecule has 0 saturated heterocycles. The molecule has 1 aromatic carbocycles. The van der Waals surface area contributed by atoms with Crippen molar-refractivity contribution in [3.05, 3.63) is 30.1 Å². The Morgan fingerprint density at radius 3 is 2.58 bits per heavy atom. The molecule has 1 amide bonds. The van der Waals surface area contributed by atoms with Crippen molar-refractivity contribution in [2.75, 3.05) is 7.11 Å². The van der Waals surface area contributed by atoms with E-state index in [0.717, 1.165) is 25.7 Å². The zero-order chi connectivity index (χ0) is 16.5. The van der Waals surface area contributed by atoms with E-state index in [9.17, 15) is 4.79 Å². The van der Waals surface area contributed by atoms with E-state index in [-0.39, 0.29) is 5.91 Å². The van der Waals surface area contributed by atoms with E-state index in [0.29, 0.717) is 29.1 Å². The van der Waals surface area contributed by atoms with Gasteiger partial charge in [0.2, 0.25) is 0 Å². The van der Waals surface area contributed by atoms with Crippen LogP contribution in [0.2, 0.25) is 0 Å². The molecule has 0 radical (unpaired) electrons. The van der Waals surface area contributed by atoms with Gasteiger partial charge < -0.3 is 9.64 Å². The van der Waals surface area contributed by atoms with Gasteiger partial charge >= 0.3 is 0 Å². The summed E-state index contributed by atoms with van der Waals surface area (Å²) in [6.45, 7) is 0. The highest BCUT2D eigenvalue weighted by Gasteiger charge is 2.38. The molecule has 0 N–H and O–H groups in total. The fourth-order valence-electron chi connectivity index (χ4n) is 3.59. The lowest BCUT2D eigenvalue weighted by Crippen LogP contribution is -2.40. The van der Waals surface area contributed by atoms with Gasteiger partial charge in [-0.15, -0.1) is 5.10 Å². The second-order valence-electron chi connectivity index (χ2n) is 6.52. The van der Waals surface area contributed by atoms with Crippen LogP contribution in [0, 0.1) is 0 Å². The summed E-state index contributed by atoms with van der Waals surface area (Å²) in [4.78, 5) is 15.3. The number of amides is 1. The molecule has 24 heavy (non-hydrogen) atoms. The predicted octanol–water partition coefficient (Wildman–Crippen LogP) is 2.22. The molecule has 1 aromatic heterocycles. The van der Waals surface area contributed by atoms with Crippen LogP contribution in [0.25, 0.3) is 5.69 Å². The van der Waals surface area contributed by atoms with Crippen molar-refractivity contribution < 1.29 is 9.53 Å². The number of benzene rings is 1. The topological polar surface area (TPSA) is 73.1 Å². The number of rotatable bonds is 5. The van der Waals surface area contributed by atoms with Crippen LogP contribution >= 0.6 is 0 Å². The Morgan fingerprint density at radius 2 is 1.96 bits per heavy atom. The number of tetrazole rings is 1. The standard InChI is InChI=1S/C17H21N5O2/c1-24-16-9-6-12(10-15(16)21-11-18-19-20-21)17(23)22(14-7-8-14)13-4-2-3-5-13/h6,9-11,13-14H,2-5,7-8H2,1H3. The van der Waals surface area contributed by atoms with Crippen LogP contribution in [-0.4, -0.2) is 50.2 Å². The van der Waals surface area contributed by atoms with Gasteiger partial charge in [-0.3, -0.25) is 4.79 Å². The average Bonchev–Trinajstić information content (AvgIpc) is 3.07. The molecule has 4 rings (SSSR count). The van der Waals surface area contributed by atoms with Gasteiger partial charge in [-0.1, -0.05) is 12.8 Å². The monoisotopic (exact) mass is 327 g/mol. The number of aromatic nitrogens is 4. The first-order chi connectivity index (χ1) is 11.8. The summed E-state index contributed by atoms with van der Waals surface area (Å²) in [6.07, 6.45) is 8.44. The molecule has 7 nitrogen and oxygen atoms in total. The van der Waals surface area contributed by atoms with Crippen LogP contribution in [0.3, 0.4) is 0 Å². The Labute approximate surface area is 140 Å². The van der Waals surface area contributed by atoms with Crippen LogP contribution in [-0.2, 0) is 0 Å². The molecule has 1 heterocycles. The highest BCUT2D eigenvalue weighted by molar-refractivity contribution is 5.95. The highest BCUT2D eigenvalue weighted by atomic mass is 16.5. The summed E-state index contributed by atoms with van der Waals surface area (Å²) in [5, 5.41) is 11.2. The van der Waals surface area contributed by atoms with Gasteiger partial charge in [0.25, 0.3) is 5.91 Å². The van der Waals surface area contributed by atoms with Gasteiger partial charge in [-0.05, 0) is 54.3 Å². The number of hydrogen-bond acceptors (Lipinski definition) is 5. The Kier molecular flexibility index (Phi) is 3.92. The van der Waals surface area contributed by atoms with Gasteiger partial charge in [0.15, 0.2) is 0 Å². The predicted molar refractivity (Wildman–Crippen MR) is 87.2 cm³/mol. The summed E-state index contributed by atoms with van der Waals surface area (Å²) >= 11 is 0. The van der Waals surface area contributed by atoms with Crippen molar-refractivity contribution in [1.82, 2.24) is 25.1 Å². The van der Waals surface area contributed by atoms with E-state index in [4.69, 9.17) is 4.74 Å². The lowest BCUT2D eigenvalue weighted by atomic mass is 10.1. The van der Waals surface area contributed by atoms with Crippen LogP contribution < -0.4 is 4.74 Å². The number of carbonyl (C=O) groups is 1. The molecular formula is C17H21N5O2. The SMILES string of the molecule is COc1ccc(C(=O)N(C2CCCC2)C2CC2)cc1-n1cnnn1. The van der Waals surface area contributed by atoms with Gasteiger partial charge in [-0.2, -0.15) is 4.68 Å². The van der Waals surface area contributed by atoms with E-state index < -0.39 is 0 Å². The van der Waals surface area contributed by atoms with Gasteiger partial charge in [0.05, 0.1) is 7.11 Å². The average molecular weight is 327 g/mol. The Bertz CT molecular complexity index is 721. The fraction of sp³-hybridized carbons (Fsp3) is 0.529. The summed E-state index contributed by atoms with van der Waals surface area (Å²) in [5.74, 6) is 0.749. The minimum absolute atomic E-state index is 0.112. The maximum absolute atomic E-state index is 13.2. The summed E-state index contributed by atoms with van der Waals surface area (Å²) < 4.78 is 6.90. The third-order valence-corrected chi connectivity index (χ3v) is 4.91. The first-order valence-electron chi connectivity index (χ1n) is 8.52. The Hall–Kier alpha value is -2.44. The van der Waals surface area contributed by atoms with Gasteiger partial charge in [-0.25, -0.2) is 0 Å². The fourth-order valence-corrected chi connectivity index (χ4v) is 3.59. The summed E-state index contributed by atoms with van der Waals surface area (Å²) in [6, 6.07) is 6.27. The maximum atomic E-state index is 13.2. The molecule has 0 bridgehead atoms. The van der Waals surface area contributed by atoms with Crippen molar-refractivity contribution in [3.8, 4) is 11.4 Å². The lowest BCUT2D eigenvalue weighted by Gasteiger charge is -2.29. The largest absolute Gasteiger partial charge is 0.494 e. The maximum Gasteiger partial charge on any atom is 0.254 e. The molecule has 2 aromatic rings. The van der Waals surface area contributed by atoms with Crippen LogP contribution in [0.1, 0.15) is 48.9 Å². The summed E-state index contributed by atoms with van der Waals surface area (Å²) in [5.41, 5.74) is 1.34. The van der Waals surface area contributed by atoms with E-state index in [2.05, 4.69) is 20.4 Å². The smallest absolute Gasteiger partial charge is 0.254 e. The van der Waals surface area contributed by atoms with Crippen LogP contribution in [0.15, 0.2) is 24.5 Å². The van der Waals surface area contributed by atoms with E-state index in [1.54, 1.807) is 7.11 Å². The molecule has 2 aliphatic rings. The molecule has 2 saturated carbocycles. The minimum Gasteiger partial charge on any atom is -0.494 e. The van der Waals surface area contributed by atoms with Crippen LogP contribution in [0.4, 0.5) is 0 Å². The molecule has 2 aliphatic carbocycles. The molecule has 0 atom stereocenters. The second-order valence-corrected chi connectivity index (χ2v) is 6.52. The van der Waals surface area contributed by atoms with E-state index in [1.807, 2.05) is 18.2 Å². The Balaban J connectivity index is 1.67. The molecule has 126 valence electrons. The molecular weight excluding hydrogens is 306 g/mol. The number of carbonyl (C=O) groups excluding carboxylic acids is 1. The second kappa shape index (κ2) is 6.22. The third-order valence-electron chi connectivity index (χ3n) is 4.91. The van der Waals surface area contributed by atoms with E-state index >= 15 is 0 Å². The molecule has 7 heteroatoms. The third kappa shape index (κ3) is 2.74. The molecule has 0 unspecified atom stereocenters. The number of methoxy groups -OCH3 is 1. The number of hydrogen-bond donors (Lipinski definition) is 0. The molecule has 0 spiro atoms. The Morgan fingerprint density at radius 1 is 1.21 bits per heavy atom. The van der Waals surface area contributed by atoms with Crippen molar-refractivity contribution in [1.29, 1.82) is 0 Å². The molecule has 0 aliphatic heterocycles. The zero-order valence-corrected chi connectivity index (χ0v) is 13.8. The van der Waals surface area contributed by atoms with E-state index in [1.165, 1.54) is 23.9 Å². The van der Waals surface area contributed by atoms with Gasteiger partial charge in [0.1, 0.15) is 17.8 Å². The normalized spacial score (nSPS) is 17.9. The lowest BCUT2D eigenvalue weighted by molar-refractivity contribution is 0.0664. The highest BCUT2D eigenvalue weighted by Crippen LogP contribution is 2.36. The van der Waals surface area contributed by atoms with Crippen molar-refractivity contribution in [2.24, 2.45) is 0 Å². The van der Waals surface area contributed by atoms with Crippen molar-refractivity contribution in [3.63, 3.8) is 0 Å². The minimum atomic E-state index is 0.112.